The van der Waals surface area contributed by atoms with E-state index >= 15 is 0 Å². The van der Waals surface area contributed by atoms with Crippen molar-refractivity contribution in [2.75, 3.05) is 6.61 Å². The molecule has 1 aliphatic heterocycles. The molecule has 0 N–H and O–H groups in total. The van der Waals surface area contributed by atoms with E-state index in [0.717, 1.165) is 34.6 Å². The molecule has 2 aromatic carbocycles. The summed E-state index contributed by atoms with van der Waals surface area (Å²) in [4.78, 5) is 10.9. The van der Waals surface area contributed by atoms with Gasteiger partial charge in [0, 0.05) is 24.8 Å². The smallest absolute Gasteiger partial charge is 0.302 e. The minimum atomic E-state index is -0.270. The minimum Gasteiger partial charge on any atom is -0.465 e. The molecule has 0 aromatic heterocycles. The van der Waals surface area contributed by atoms with Crippen LogP contribution in [-0.2, 0) is 16.0 Å². The fourth-order valence-electron chi connectivity index (χ4n) is 2.61. The highest BCUT2D eigenvalue weighted by atomic mass is 35.5. The molecule has 0 spiro atoms. The molecule has 0 radical (unpaired) electrons. The SMILES string of the molecule is CC(=O)OCC(C)c1cc(Cl)c2c(c1)Cc1ccccc1O2. The Morgan fingerprint density at radius 1 is 1.32 bits per heavy atom. The fourth-order valence-corrected chi connectivity index (χ4v) is 2.89. The first-order chi connectivity index (χ1) is 10.5. The highest BCUT2D eigenvalue weighted by molar-refractivity contribution is 6.32. The van der Waals surface area contributed by atoms with Gasteiger partial charge >= 0.3 is 5.97 Å². The summed E-state index contributed by atoms with van der Waals surface area (Å²) >= 11 is 6.39. The molecule has 3 rings (SSSR count). The fraction of sp³-hybridized carbons (Fsp3) is 0.278. The summed E-state index contributed by atoms with van der Waals surface area (Å²) < 4.78 is 11.0. The van der Waals surface area contributed by atoms with Crippen LogP contribution in [0, 0.1) is 0 Å². The van der Waals surface area contributed by atoms with Gasteiger partial charge in [-0.1, -0.05) is 42.8 Å². The molecule has 3 nitrogen and oxygen atoms in total. The molecule has 2 aromatic rings. The van der Waals surface area contributed by atoms with E-state index in [9.17, 15) is 4.79 Å². The number of para-hydroxylation sites is 1. The number of rotatable bonds is 3. The Morgan fingerprint density at radius 3 is 2.86 bits per heavy atom. The summed E-state index contributed by atoms with van der Waals surface area (Å²) in [6, 6.07) is 11.9. The summed E-state index contributed by atoms with van der Waals surface area (Å²) in [5.41, 5.74) is 3.26. The van der Waals surface area contributed by atoms with Crippen molar-refractivity contribution in [1.29, 1.82) is 0 Å². The number of esters is 1. The summed E-state index contributed by atoms with van der Waals surface area (Å²) in [6.45, 7) is 3.78. The average Bonchev–Trinajstić information content (AvgIpc) is 2.50. The second kappa shape index (κ2) is 6.01. The first-order valence-electron chi connectivity index (χ1n) is 7.26. The predicted molar refractivity (Wildman–Crippen MR) is 85.8 cm³/mol. The van der Waals surface area contributed by atoms with Crippen molar-refractivity contribution in [2.45, 2.75) is 26.2 Å². The van der Waals surface area contributed by atoms with Crippen LogP contribution >= 0.6 is 11.6 Å². The molecular weight excluding hydrogens is 300 g/mol. The van der Waals surface area contributed by atoms with Crippen molar-refractivity contribution < 1.29 is 14.3 Å². The first-order valence-corrected chi connectivity index (χ1v) is 7.64. The molecule has 0 saturated heterocycles. The number of carbonyl (C=O) groups excluding carboxylic acids is 1. The van der Waals surface area contributed by atoms with Crippen LogP contribution < -0.4 is 4.74 Å². The summed E-state index contributed by atoms with van der Waals surface area (Å²) in [6.07, 6.45) is 0.791. The van der Waals surface area contributed by atoms with Gasteiger partial charge in [0.1, 0.15) is 11.5 Å². The van der Waals surface area contributed by atoms with Crippen molar-refractivity contribution >= 4 is 17.6 Å². The largest absolute Gasteiger partial charge is 0.465 e. The number of ether oxygens (including phenoxy) is 2. The third-order valence-corrected chi connectivity index (χ3v) is 4.09. The summed E-state index contributed by atoms with van der Waals surface area (Å²) in [5.74, 6) is 1.40. The van der Waals surface area contributed by atoms with Gasteiger partial charge in [0.2, 0.25) is 0 Å². The molecule has 0 fully saturated rings. The number of hydrogen-bond donors (Lipinski definition) is 0. The Morgan fingerprint density at radius 2 is 2.09 bits per heavy atom. The molecule has 0 saturated carbocycles. The van der Waals surface area contributed by atoms with Gasteiger partial charge in [0.25, 0.3) is 0 Å². The maximum Gasteiger partial charge on any atom is 0.302 e. The molecule has 4 heteroatoms. The molecule has 1 unspecified atom stereocenters. The molecule has 1 atom stereocenters. The Bertz CT molecular complexity index is 724. The predicted octanol–water partition coefficient (Wildman–Crippen LogP) is 4.70. The molecule has 1 heterocycles. The zero-order valence-corrected chi connectivity index (χ0v) is 13.3. The van der Waals surface area contributed by atoms with E-state index in [0.29, 0.717) is 11.6 Å². The molecule has 0 bridgehead atoms. The Kier molecular flexibility index (Phi) is 4.08. The van der Waals surface area contributed by atoms with Crippen LogP contribution in [0.4, 0.5) is 0 Å². The van der Waals surface area contributed by atoms with Crippen molar-refractivity contribution in [3.05, 3.63) is 58.1 Å². The second-order valence-corrected chi connectivity index (χ2v) is 5.99. The lowest BCUT2D eigenvalue weighted by Crippen LogP contribution is -2.10. The van der Waals surface area contributed by atoms with E-state index in [1.54, 1.807) is 0 Å². The van der Waals surface area contributed by atoms with E-state index in [2.05, 4.69) is 12.1 Å². The zero-order chi connectivity index (χ0) is 15.7. The van der Waals surface area contributed by atoms with Crippen molar-refractivity contribution in [3.63, 3.8) is 0 Å². The Balaban J connectivity index is 1.89. The van der Waals surface area contributed by atoms with Gasteiger partial charge in [0.15, 0.2) is 0 Å². The van der Waals surface area contributed by atoms with Crippen molar-refractivity contribution in [1.82, 2.24) is 0 Å². The summed E-state index contributed by atoms with van der Waals surface area (Å²) in [7, 11) is 0. The lowest BCUT2D eigenvalue weighted by Gasteiger charge is -2.23. The number of benzene rings is 2. The van der Waals surface area contributed by atoms with Crippen LogP contribution in [0.2, 0.25) is 5.02 Å². The van der Waals surface area contributed by atoms with E-state index in [4.69, 9.17) is 21.1 Å². The molecule has 114 valence electrons. The quantitative estimate of drug-likeness (QED) is 0.657. The number of halogens is 1. The third kappa shape index (κ3) is 2.95. The molecule has 22 heavy (non-hydrogen) atoms. The highest BCUT2D eigenvalue weighted by Crippen LogP contribution is 2.42. The maximum absolute atomic E-state index is 10.9. The number of carbonyl (C=O) groups is 1. The van der Waals surface area contributed by atoms with Crippen LogP contribution in [-0.4, -0.2) is 12.6 Å². The second-order valence-electron chi connectivity index (χ2n) is 5.58. The molecule has 0 aliphatic carbocycles. The van der Waals surface area contributed by atoms with Gasteiger partial charge in [-0.15, -0.1) is 0 Å². The van der Waals surface area contributed by atoms with E-state index in [1.807, 2.05) is 31.2 Å². The van der Waals surface area contributed by atoms with Gasteiger partial charge < -0.3 is 9.47 Å². The standard InChI is InChI=1S/C18H17ClO3/c1-11(10-21-12(2)20)14-8-15-7-13-5-3-4-6-17(13)22-18(15)16(19)9-14/h3-6,8-9,11H,7,10H2,1-2H3. The summed E-state index contributed by atoms with van der Waals surface area (Å²) in [5, 5.41) is 0.594. The van der Waals surface area contributed by atoms with E-state index in [-0.39, 0.29) is 11.9 Å². The van der Waals surface area contributed by atoms with Crippen LogP contribution in [0.3, 0.4) is 0 Å². The van der Waals surface area contributed by atoms with Crippen LogP contribution in [0.5, 0.6) is 11.5 Å². The first kappa shape index (κ1) is 14.9. The van der Waals surface area contributed by atoms with Crippen LogP contribution in [0.25, 0.3) is 0 Å². The van der Waals surface area contributed by atoms with Gasteiger partial charge in [-0.2, -0.15) is 0 Å². The maximum atomic E-state index is 10.9. The van der Waals surface area contributed by atoms with Crippen LogP contribution in [0.15, 0.2) is 36.4 Å². The lowest BCUT2D eigenvalue weighted by atomic mass is 9.94. The van der Waals surface area contributed by atoms with Crippen molar-refractivity contribution in [2.24, 2.45) is 0 Å². The van der Waals surface area contributed by atoms with Gasteiger partial charge in [0.05, 0.1) is 11.6 Å². The normalized spacial score (nSPS) is 13.6. The molecular formula is C18H17ClO3. The Hall–Kier alpha value is -2.00. The third-order valence-electron chi connectivity index (χ3n) is 3.81. The number of fused-ring (bicyclic) bond motifs is 2. The van der Waals surface area contributed by atoms with Gasteiger partial charge in [-0.25, -0.2) is 0 Å². The van der Waals surface area contributed by atoms with E-state index in [1.165, 1.54) is 6.92 Å². The van der Waals surface area contributed by atoms with Gasteiger partial charge in [-0.05, 0) is 23.3 Å². The zero-order valence-electron chi connectivity index (χ0n) is 12.6. The average molecular weight is 317 g/mol. The topological polar surface area (TPSA) is 35.5 Å². The highest BCUT2D eigenvalue weighted by Gasteiger charge is 2.21. The van der Waals surface area contributed by atoms with Gasteiger partial charge in [-0.3, -0.25) is 4.79 Å². The Labute approximate surface area is 134 Å². The van der Waals surface area contributed by atoms with E-state index < -0.39 is 0 Å². The molecule has 1 aliphatic rings. The molecule has 0 amide bonds. The number of hydrogen-bond acceptors (Lipinski definition) is 3. The van der Waals surface area contributed by atoms with Crippen molar-refractivity contribution in [3.8, 4) is 11.5 Å². The minimum absolute atomic E-state index is 0.0869. The lowest BCUT2D eigenvalue weighted by molar-refractivity contribution is -0.141. The van der Waals surface area contributed by atoms with Crippen LogP contribution in [0.1, 0.15) is 36.5 Å². The monoisotopic (exact) mass is 316 g/mol.